The number of carbonyl (C=O) groups excluding carboxylic acids is 1. The van der Waals surface area contributed by atoms with Gasteiger partial charge < -0.3 is 10.2 Å². The molecule has 4 rings (SSSR count). The first-order chi connectivity index (χ1) is 15.1. The molecule has 3 aromatic carbocycles. The second-order valence-corrected chi connectivity index (χ2v) is 7.69. The molecule has 31 heavy (non-hydrogen) atoms. The third-order valence-electron chi connectivity index (χ3n) is 5.35. The van der Waals surface area contributed by atoms with Crippen LogP contribution in [0.1, 0.15) is 24.2 Å². The molecule has 4 aromatic rings. The van der Waals surface area contributed by atoms with Crippen LogP contribution >= 0.6 is 11.6 Å². The van der Waals surface area contributed by atoms with E-state index < -0.39 is 0 Å². The number of nitrogens with one attached hydrogen (secondary N) is 1. The summed E-state index contributed by atoms with van der Waals surface area (Å²) in [6, 6.07) is 24.9. The SMILES string of the molecule is CCN(CC)c1ccc(NC(=O)c2cc(-c3ccc(Cl)cc3)nc3ccccc23)cc1. The number of hydrogen-bond acceptors (Lipinski definition) is 3. The van der Waals surface area contributed by atoms with Crippen molar-refractivity contribution in [3.8, 4) is 11.3 Å². The molecule has 1 heterocycles. The summed E-state index contributed by atoms with van der Waals surface area (Å²) in [5.41, 5.74) is 4.91. The van der Waals surface area contributed by atoms with Gasteiger partial charge in [-0.2, -0.15) is 0 Å². The standard InChI is InChI=1S/C26H24ClN3O/c1-3-30(4-2)21-15-13-20(14-16-21)28-26(31)23-17-25(18-9-11-19(27)12-10-18)29-24-8-6-5-7-22(23)24/h5-17H,3-4H2,1-2H3,(H,28,31). The van der Waals surface area contributed by atoms with Crippen LogP contribution in [0.15, 0.2) is 78.9 Å². The van der Waals surface area contributed by atoms with Gasteiger partial charge in [-0.1, -0.05) is 41.9 Å². The number of amides is 1. The molecule has 0 fully saturated rings. The van der Waals surface area contributed by atoms with Crippen molar-refractivity contribution in [3.63, 3.8) is 0 Å². The molecule has 0 saturated heterocycles. The van der Waals surface area contributed by atoms with E-state index >= 15 is 0 Å². The second kappa shape index (κ2) is 9.19. The molecular formula is C26H24ClN3O. The number of halogens is 1. The maximum absolute atomic E-state index is 13.2. The van der Waals surface area contributed by atoms with E-state index in [1.54, 1.807) is 0 Å². The highest BCUT2D eigenvalue weighted by molar-refractivity contribution is 6.30. The molecule has 0 radical (unpaired) electrons. The molecule has 0 atom stereocenters. The van der Waals surface area contributed by atoms with E-state index in [1.807, 2.05) is 78.9 Å². The summed E-state index contributed by atoms with van der Waals surface area (Å²) in [5.74, 6) is -0.163. The van der Waals surface area contributed by atoms with Crippen molar-refractivity contribution in [1.82, 2.24) is 4.98 Å². The van der Waals surface area contributed by atoms with Crippen molar-refractivity contribution in [2.24, 2.45) is 0 Å². The smallest absolute Gasteiger partial charge is 0.256 e. The number of rotatable bonds is 6. The van der Waals surface area contributed by atoms with E-state index in [-0.39, 0.29) is 5.91 Å². The summed E-state index contributed by atoms with van der Waals surface area (Å²) in [6.45, 7) is 6.15. The van der Waals surface area contributed by atoms with Crippen molar-refractivity contribution in [2.45, 2.75) is 13.8 Å². The number of hydrogen-bond donors (Lipinski definition) is 1. The Labute approximate surface area is 187 Å². The molecule has 156 valence electrons. The third-order valence-corrected chi connectivity index (χ3v) is 5.61. The van der Waals surface area contributed by atoms with Crippen LogP contribution in [0.3, 0.4) is 0 Å². The highest BCUT2D eigenvalue weighted by Gasteiger charge is 2.14. The number of anilines is 2. The van der Waals surface area contributed by atoms with Crippen LogP contribution in [0.25, 0.3) is 22.2 Å². The molecule has 0 aliphatic carbocycles. The summed E-state index contributed by atoms with van der Waals surface area (Å²) in [5, 5.41) is 4.51. The summed E-state index contributed by atoms with van der Waals surface area (Å²) in [4.78, 5) is 20.2. The van der Waals surface area contributed by atoms with Crippen LogP contribution in [0.5, 0.6) is 0 Å². The van der Waals surface area contributed by atoms with Crippen molar-refractivity contribution in [1.29, 1.82) is 0 Å². The highest BCUT2D eigenvalue weighted by atomic mass is 35.5. The summed E-state index contributed by atoms with van der Waals surface area (Å²) in [6.07, 6.45) is 0. The lowest BCUT2D eigenvalue weighted by Gasteiger charge is -2.21. The predicted molar refractivity (Wildman–Crippen MR) is 130 cm³/mol. The molecule has 1 amide bonds. The van der Waals surface area contributed by atoms with Gasteiger partial charge in [0.15, 0.2) is 0 Å². The minimum atomic E-state index is -0.163. The Morgan fingerprint density at radius 1 is 0.935 bits per heavy atom. The van der Waals surface area contributed by atoms with Gasteiger partial charge in [0.25, 0.3) is 5.91 Å². The lowest BCUT2D eigenvalue weighted by atomic mass is 10.0. The van der Waals surface area contributed by atoms with Crippen LogP contribution in [0, 0.1) is 0 Å². The summed E-state index contributed by atoms with van der Waals surface area (Å²) >= 11 is 6.03. The maximum atomic E-state index is 13.2. The Hall–Kier alpha value is -3.37. The quantitative estimate of drug-likeness (QED) is 0.373. The topological polar surface area (TPSA) is 45.2 Å². The van der Waals surface area contributed by atoms with Gasteiger partial charge in [-0.3, -0.25) is 4.79 Å². The Balaban J connectivity index is 1.68. The minimum Gasteiger partial charge on any atom is -0.372 e. The van der Waals surface area contributed by atoms with Gasteiger partial charge >= 0.3 is 0 Å². The van der Waals surface area contributed by atoms with Gasteiger partial charge in [-0.15, -0.1) is 0 Å². The fourth-order valence-electron chi connectivity index (χ4n) is 3.67. The lowest BCUT2D eigenvalue weighted by Crippen LogP contribution is -2.21. The van der Waals surface area contributed by atoms with Gasteiger partial charge in [0, 0.05) is 40.4 Å². The van der Waals surface area contributed by atoms with Gasteiger partial charge in [-0.25, -0.2) is 4.98 Å². The van der Waals surface area contributed by atoms with Crippen molar-refractivity contribution in [3.05, 3.63) is 89.4 Å². The number of benzene rings is 3. The van der Waals surface area contributed by atoms with E-state index in [4.69, 9.17) is 16.6 Å². The highest BCUT2D eigenvalue weighted by Crippen LogP contribution is 2.27. The molecular weight excluding hydrogens is 406 g/mol. The molecule has 0 spiro atoms. The summed E-state index contributed by atoms with van der Waals surface area (Å²) < 4.78 is 0. The number of carbonyl (C=O) groups is 1. The molecule has 0 bridgehead atoms. The zero-order chi connectivity index (χ0) is 21.8. The van der Waals surface area contributed by atoms with Crippen molar-refractivity contribution >= 4 is 39.8 Å². The monoisotopic (exact) mass is 429 g/mol. The molecule has 1 aromatic heterocycles. The van der Waals surface area contributed by atoms with Crippen LogP contribution < -0.4 is 10.2 Å². The number of para-hydroxylation sites is 1. The number of fused-ring (bicyclic) bond motifs is 1. The Morgan fingerprint density at radius 3 is 2.29 bits per heavy atom. The first-order valence-corrected chi connectivity index (χ1v) is 10.8. The molecule has 5 heteroatoms. The minimum absolute atomic E-state index is 0.163. The molecule has 1 N–H and O–H groups in total. The van der Waals surface area contributed by atoms with Gasteiger partial charge in [0.05, 0.1) is 16.8 Å². The Bertz CT molecular complexity index is 1200. The maximum Gasteiger partial charge on any atom is 0.256 e. The van der Waals surface area contributed by atoms with E-state index in [2.05, 4.69) is 24.1 Å². The average Bonchev–Trinajstić information content (AvgIpc) is 2.80. The van der Waals surface area contributed by atoms with E-state index in [0.29, 0.717) is 10.6 Å². The predicted octanol–water partition coefficient (Wildman–Crippen LogP) is 6.65. The fraction of sp³-hybridized carbons (Fsp3) is 0.154. The Morgan fingerprint density at radius 2 is 1.61 bits per heavy atom. The van der Waals surface area contributed by atoms with E-state index in [9.17, 15) is 4.79 Å². The molecule has 0 saturated carbocycles. The van der Waals surface area contributed by atoms with Gasteiger partial charge in [0.1, 0.15) is 0 Å². The molecule has 0 aliphatic rings. The molecule has 0 aliphatic heterocycles. The van der Waals surface area contributed by atoms with Gasteiger partial charge in [0.2, 0.25) is 0 Å². The number of aromatic nitrogens is 1. The van der Waals surface area contributed by atoms with Crippen LogP contribution in [-0.2, 0) is 0 Å². The second-order valence-electron chi connectivity index (χ2n) is 7.25. The van der Waals surface area contributed by atoms with E-state index in [0.717, 1.165) is 46.6 Å². The zero-order valence-electron chi connectivity index (χ0n) is 17.6. The number of pyridine rings is 1. The molecule has 4 nitrogen and oxygen atoms in total. The number of nitrogens with zero attached hydrogens (tertiary/aromatic N) is 2. The lowest BCUT2D eigenvalue weighted by molar-refractivity contribution is 0.102. The first-order valence-electron chi connectivity index (χ1n) is 10.4. The first kappa shape index (κ1) is 20.9. The van der Waals surface area contributed by atoms with Crippen molar-refractivity contribution < 1.29 is 4.79 Å². The Kier molecular flexibility index (Phi) is 6.19. The van der Waals surface area contributed by atoms with Crippen LogP contribution in [0.4, 0.5) is 11.4 Å². The normalized spacial score (nSPS) is 10.8. The largest absolute Gasteiger partial charge is 0.372 e. The molecule has 0 unspecified atom stereocenters. The van der Waals surface area contributed by atoms with Crippen LogP contribution in [-0.4, -0.2) is 24.0 Å². The van der Waals surface area contributed by atoms with Gasteiger partial charge in [-0.05, 0) is 62.4 Å². The van der Waals surface area contributed by atoms with Crippen molar-refractivity contribution in [2.75, 3.05) is 23.3 Å². The average molecular weight is 430 g/mol. The third kappa shape index (κ3) is 4.54. The summed E-state index contributed by atoms with van der Waals surface area (Å²) in [7, 11) is 0. The van der Waals surface area contributed by atoms with Crippen LogP contribution in [0.2, 0.25) is 5.02 Å². The zero-order valence-corrected chi connectivity index (χ0v) is 18.4. The fourth-order valence-corrected chi connectivity index (χ4v) is 3.80. The van der Waals surface area contributed by atoms with E-state index in [1.165, 1.54) is 0 Å².